The van der Waals surface area contributed by atoms with Crippen LogP contribution >= 0.6 is 0 Å². The van der Waals surface area contributed by atoms with Gasteiger partial charge in [0.1, 0.15) is 0 Å². The van der Waals surface area contributed by atoms with Gasteiger partial charge in [0, 0.05) is 6.04 Å². The lowest BCUT2D eigenvalue weighted by Gasteiger charge is -2.25. The molecule has 0 aliphatic rings. The summed E-state index contributed by atoms with van der Waals surface area (Å²) in [6.07, 6.45) is 5.33. The number of rotatable bonds is 9. The van der Waals surface area contributed by atoms with Crippen LogP contribution in [-0.4, -0.2) is 49.6 Å². The van der Waals surface area contributed by atoms with E-state index in [4.69, 9.17) is 0 Å². The van der Waals surface area contributed by atoms with Crippen LogP contribution in [0.2, 0.25) is 0 Å². The van der Waals surface area contributed by atoms with Crippen LogP contribution in [0.15, 0.2) is 0 Å². The molecule has 0 heterocycles. The lowest BCUT2D eigenvalue weighted by Crippen LogP contribution is -2.32. The highest BCUT2D eigenvalue weighted by atomic mass is 15.1. The van der Waals surface area contributed by atoms with Crippen molar-refractivity contribution in [3.05, 3.63) is 0 Å². The Bertz CT molecular complexity index is 136. The third-order valence-corrected chi connectivity index (χ3v) is 3.32. The Balaban J connectivity index is 3.48. The zero-order valence-corrected chi connectivity index (χ0v) is 11.4. The molecule has 0 aromatic heterocycles. The summed E-state index contributed by atoms with van der Waals surface area (Å²) in [6, 6.07) is 0.712. The van der Waals surface area contributed by atoms with Crippen molar-refractivity contribution in [2.45, 2.75) is 52.5 Å². The Labute approximate surface area is 96.6 Å². The Morgan fingerprint density at radius 2 is 1.67 bits per heavy atom. The summed E-state index contributed by atoms with van der Waals surface area (Å²) >= 11 is 0. The van der Waals surface area contributed by atoms with Gasteiger partial charge in [-0.2, -0.15) is 0 Å². The molecule has 0 bridgehead atoms. The summed E-state index contributed by atoms with van der Waals surface area (Å²) in [6.45, 7) is 10.5. The Morgan fingerprint density at radius 1 is 1.00 bits per heavy atom. The largest absolute Gasteiger partial charge is 0.306 e. The smallest absolute Gasteiger partial charge is 0.00759 e. The van der Waals surface area contributed by atoms with Gasteiger partial charge in [-0.3, -0.25) is 0 Å². The highest BCUT2D eigenvalue weighted by Gasteiger charge is 2.07. The molecule has 0 amide bonds. The molecule has 0 spiro atoms. The van der Waals surface area contributed by atoms with Crippen LogP contribution < -0.4 is 0 Å². The predicted octanol–water partition coefficient (Wildman–Crippen LogP) is 2.84. The molecular formula is C13H30N2. The maximum atomic E-state index is 2.47. The summed E-state index contributed by atoms with van der Waals surface area (Å²) in [7, 11) is 4.45. The minimum absolute atomic E-state index is 0.712. The first-order valence-corrected chi connectivity index (χ1v) is 6.50. The Hall–Kier alpha value is -0.0800. The van der Waals surface area contributed by atoms with Crippen LogP contribution in [-0.2, 0) is 0 Å². The van der Waals surface area contributed by atoms with Gasteiger partial charge in [0.2, 0.25) is 0 Å². The molecule has 0 saturated heterocycles. The normalized spacial score (nSPS) is 13.8. The second-order valence-electron chi connectivity index (χ2n) is 4.72. The summed E-state index contributed by atoms with van der Waals surface area (Å²) in [5, 5.41) is 0. The second kappa shape index (κ2) is 9.17. The van der Waals surface area contributed by atoms with Gasteiger partial charge in [0.05, 0.1) is 0 Å². The third kappa shape index (κ3) is 7.80. The Morgan fingerprint density at radius 3 is 2.20 bits per heavy atom. The van der Waals surface area contributed by atoms with Crippen molar-refractivity contribution in [1.29, 1.82) is 0 Å². The number of nitrogens with zero attached hydrogens (tertiary/aromatic N) is 2. The van der Waals surface area contributed by atoms with E-state index < -0.39 is 0 Å². The zero-order valence-electron chi connectivity index (χ0n) is 11.4. The van der Waals surface area contributed by atoms with E-state index >= 15 is 0 Å². The molecule has 0 aromatic rings. The molecule has 0 rings (SSSR count). The lowest BCUT2D eigenvalue weighted by atomic mass is 10.2. The molecule has 2 nitrogen and oxygen atoms in total. The fourth-order valence-corrected chi connectivity index (χ4v) is 1.68. The van der Waals surface area contributed by atoms with Crippen LogP contribution in [0.1, 0.15) is 46.5 Å². The third-order valence-electron chi connectivity index (χ3n) is 3.32. The summed E-state index contributed by atoms with van der Waals surface area (Å²) in [4.78, 5) is 4.88. The molecule has 15 heavy (non-hydrogen) atoms. The zero-order chi connectivity index (χ0) is 11.7. The molecule has 1 atom stereocenters. The summed E-state index contributed by atoms with van der Waals surface area (Å²) in [5.74, 6) is 0. The second-order valence-corrected chi connectivity index (χ2v) is 4.72. The van der Waals surface area contributed by atoms with E-state index in [-0.39, 0.29) is 0 Å². The van der Waals surface area contributed by atoms with Gasteiger partial charge in [-0.15, -0.1) is 0 Å². The first kappa shape index (κ1) is 14.9. The fourth-order valence-electron chi connectivity index (χ4n) is 1.68. The fraction of sp³-hybridized carbons (Fsp3) is 1.00. The maximum Gasteiger partial charge on any atom is 0.00759 e. The molecule has 0 radical (unpaired) electrons. The highest BCUT2D eigenvalue weighted by molar-refractivity contribution is 4.64. The first-order valence-electron chi connectivity index (χ1n) is 6.50. The highest BCUT2D eigenvalue weighted by Crippen LogP contribution is 2.03. The first-order chi connectivity index (χ1) is 7.11. The number of unbranched alkanes of at least 4 members (excludes halogenated alkanes) is 2. The monoisotopic (exact) mass is 214 g/mol. The van der Waals surface area contributed by atoms with Crippen LogP contribution in [0.5, 0.6) is 0 Å². The predicted molar refractivity (Wildman–Crippen MR) is 69.4 cm³/mol. The van der Waals surface area contributed by atoms with Gasteiger partial charge < -0.3 is 9.80 Å². The van der Waals surface area contributed by atoms with Crippen LogP contribution in [0, 0.1) is 0 Å². The SMILES string of the molecule is CCCCCN(C)CCC(C)N(C)CC. The van der Waals surface area contributed by atoms with Crippen LogP contribution in [0.4, 0.5) is 0 Å². The molecule has 1 unspecified atom stereocenters. The van der Waals surface area contributed by atoms with Crippen molar-refractivity contribution in [1.82, 2.24) is 9.80 Å². The molecule has 0 aromatic carbocycles. The van der Waals surface area contributed by atoms with Crippen molar-refractivity contribution in [3.8, 4) is 0 Å². The maximum absolute atomic E-state index is 2.47. The average Bonchev–Trinajstić information content (AvgIpc) is 2.25. The number of hydrogen-bond donors (Lipinski definition) is 0. The average molecular weight is 214 g/mol. The van der Waals surface area contributed by atoms with Gasteiger partial charge in [-0.05, 0) is 53.5 Å². The molecule has 0 N–H and O–H groups in total. The molecule has 0 aliphatic heterocycles. The van der Waals surface area contributed by atoms with Crippen molar-refractivity contribution in [3.63, 3.8) is 0 Å². The van der Waals surface area contributed by atoms with E-state index in [1.54, 1.807) is 0 Å². The van der Waals surface area contributed by atoms with E-state index in [0.29, 0.717) is 6.04 Å². The minimum atomic E-state index is 0.712. The van der Waals surface area contributed by atoms with Crippen molar-refractivity contribution in [2.24, 2.45) is 0 Å². The van der Waals surface area contributed by atoms with Crippen molar-refractivity contribution in [2.75, 3.05) is 33.7 Å². The lowest BCUT2D eigenvalue weighted by molar-refractivity contribution is 0.224. The van der Waals surface area contributed by atoms with Gasteiger partial charge in [-0.25, -0.2) is 0 Å². The molecule has 92 valence electrons. The summed E-state index contributed by atoms with van der Waals surface area (Å²) < 4.78 is 0. The van der Waals surface area contributed by atoms with Gasteiger partial charge in [-0.1, -0.05) is 26.7 Å². The standard InChI is InChI=1S/C13H30N2/c1-6-8-9-11-14(4)12-10-13(3)15(5)7-2/h13H,6-12H2,1-5H3. The van der Waals surface area contributed by atoms with E-state index in [0.717, 1.165) is 6.54 Å². The molecule has 0 saturated carbocycles. The molecule has 0 aliphatic carbocycles. The van der Waals surface area contributed by atoms with Crippen molar-refractivity contribution < 1.29 is 0 Å². The number of hydrogen-bond acceptors (Lipinski definition) is 2. The van der Waals surface area contributed by atoms with E-state index in [9.17, 15) is 0 Å². The molecule has 2 heteroatoms. The van der Waals surface area contributed by atoms with Crippen LogP contribution in [0.3, 0.4) is 0 Å². The quantitative estimate of drug-likeness (QED) is 0.545. The van der Waals surface area contributed by atoms with Gasteiger partial charge in [0.15, 0.2) is 0 Å². The van der Waals surface area contributed by atoms with E-state index in [1.807, 2.05) is 0 Å². The van der Waals surface area contributed by atoms with E-state index in [1.165, 1.54) is 38.8 Å². The molecule has 0 fully saturated rings. The van der Waals surface area contributed by atoms with Crippen LogP contribution in [0.25, 0.3) is 0 Å². The van der Waals surface area contributed by atoms with Gasteiger partial charge in [0.25, 0.3) is 0 Å². The van der Waals surface area contributed by atoms with E-state index in [2.05, 4.69) is 44.7 Å². The topological polar surface area (TPSA) is 6.48 Å². The summed E-state index contributed by atoms with van der Waals surface area (Å²) in [5.41, 5.74) is 0. The minimum Gasteiger partial charge on any atom is -0.306 e. The Kier molecular flexibility index (Phi) is 9.12. The van der Waals surface area contributed by atoms with Crippen molar-refractivity contribution >= 4 is 0 Å². The molecular weight excluding hydrogens is 184 g/mol. The van der Waals surface area contributed by atoms with Gasteiger partial charge >= 0.3 is 0 Å².